The molecule has 0 atom stereocenters. The predicted octanol–water partition coefficient (Wildman–Crippen LogP) is 1.68. The van der Waals surface area contributed by atoms with E-state index in [1.807, 2.05) is 12.1 Å². The highest BCUT2D eigenvalue weighted by Crippen LogP contribution is 2.13. The second-order valence-electron chi connectivity index (χ2n) is 4.79. The maximum Gasteiger partial charge on any atom is 0.251 e. The number of hydrogen-bond acceptors (Lipinski definition) is 2. The summed E-state index contributed by atoms with van der Waals surface area (Å²) < 4.78 is 15.0. The minimum Gasteiger partial charge on any atom is -0.312 e. The number of nitrogens with one attached hydrogen (secondary N) is 1. The fourth-order valence-corrected chi connectivity index (χ4v) is 2.54. The van der Waals surface area contributed by atoms with Crippen molar-refractivity contribution in [1.29, 1.82) is 0 Å². The molecule has 4 heteroatoms. The molecule has 2 heterocycles. The number of rotatable bonds is 2. The Hall–Kier alpha value is -1.94. The average Bonchev–Trinajstić information content (AvgIpc) is 2.42. The first-order chi connectivity index (χ1) is 9.24. The van der Waals surface area contributed by atoms with Crippen molar-refractivity contribution in [1.82, 2.24) is 9.88 Å². The Morgan fingerprint density at radius 1 is 1.26 bits per heavy atom. The molecule has 1 aliphatic heterocycles. The predicted molar refractivity (Wildman–Crippen MR) is 71.6 cm³/mol. The summed E-state index contributed by atoms with van der Waals surface area (Å²) in [5, 5.41) is 3.29. The van der Waals surface area contributed by atoms with Crippen molar-refractivity contribution in [2.24, 2.45) is 0 Å². The fourth-order valence-electron chi connectivity index (χ4n) is 2.54. The smallest absolute Gasteiger partial charge is 0.251 e. The summed E-state index contributed by atoms with van der Waals surface area (Å²) >= 11 is 0. The van der Waals surface area contributed by atoms with E-state index < -0.39 is 0 Å². The van der Waals surface area contributed by atoms with Gasteiger partial charge in [-0.05, 0) is 23.3 Å². The lowest BCUT2D eigenvalue weighted by atomic mass is 10.1. The van der Waals surface area contributed by atoms with E-state index in [0.29, 0.717) is 6.54 Å². The van der Waals surface area contributed by atoms with Crippen LogP contribution in [0.1, 0.15) is 16.8 Å². The zero-order valence-electron chi connectivity index (χ0n) is 10.5. The molecule has 0 saturated heterocycles. The van der Waals surface area contributed by atoms with Crippen molar-refractivity contribution in [3.63, 3.8) is 0 Å². The number of nitrogens with zero attached hydrogens (tertiary/aromatic N) is 1. The van der Waals surface area contributed by atoms with Crippen molar-refractivity contribution >= 4 is 0 Å². The number of halogens is 1. The lowest BCUT2D eigenvalue weighted by molar-refractivity contribution is 0.579. The van der Waals surface area contributed by atoms with Gasteiger partial charge < -0.3 is 9.88 Å². The maximum atomic E-state index is 13.2. The van der Waals surface area contributed by atoms with Gasteiger partial charge in [0, 0.05) is 31.3 Å². The third-order valence-electron chi connectivity index (χ3n) is 3.47. The van der Waals surface area contributed by atoms with E-state index in [2.05, 4.69) is 5.32 Å². The number of fused-ring (bicyclic) bond motifs is 1. The summed E-state index contributed by atoms with van der Waals surface area (Å²) in [4.78, 5) is 12.0. The summed E-state index contributed by atoms with van der Waals surface area (Å²) in [5.74, 6) is -0.267. The Kier molecular flexibility index (Phi) is 3.17. The van der Waals surface area contributed by atoms with E-state index in [-0.39, 0.29) is 11.4 Å². The molecular weight excluding hydrogens is 243 g/mol. The molecule has 1 N–H and O–H groups in total. The van der Waals surface area contributed by atoms with E-state index in [1.54, 1.807) is 16.7 Å². The molecule has 0 saturated carbocycles. The largest absolute Gasteiger partial charge is 0.312 e. The molecular formula is C15H15FN2O. The molecule has 0 bridgehead atoms. The molecule has 0 aliphatic carbocycles. The second-order valence-corrected chi connectivity index (χ2v) is 4.79. The van der Waals surface area contributed by atoms with Gasteiger partial charge in [0.15, 0.2) is 0 Å². The maximum absolute atomic E-state index is 13.2. The summed E-state index contributed by atoms with van der Waals surface area (Å²) in [6.07, 6.45) is 0.834. The van der Waals surface area contributed by atoms with E-state index in [4.69, 9.17) is 0 Å². The highest BCUT2D eigenvalue weighted by Gasteiger charge is 2.14. The third kappa shape index (κ3) is 2.44. The van der Waals surface area contributed by atoms with Crippen LogP contribution in [0.5, 0.6) is 0 Å². The van der Waals surface area contributed by atoms with Gasteiger partial charge in [-0.25, -0.2) is 4.39 Å². The van der Waals surface area contributed by atoms with Crippen molar-refractivity contribution in [2.75, 3.05) is 6.54 Å². The van der Waals surface area contributed by atoms with Gasteiger partial charge in [0.05, 0.1) is 6.54 Å². The van der Waals surface area contributed by atoms with Gasteiger partial charge in [-0.3, -0.25) is 4.79 Å². The van der Waals surface area contributed by atoms with Crippen molar-refractivity contribution in [2.45, 2.75) is 19.5 Å². The Morgan fingerprint density at radius 3 is 3.00 bits per heavy atom. The highest BCUT2D eigenvalue weighted by molar-refractivity contribution is 5.26. The van der Waals surface area contributed by atoms with Crippen molar-refractivity contribution in [3.05, 3.63) is 69.4 Å². The number of benzene rings is 1. The fraction of sp³-hybridized carbons (Fsp3) is 0.267. The first kappa shape index (κ1) is 12.1. The molecule has 0 amide bonds. The van der Waals surface area contributed by atoms with Crippen LogP contribution in [-0.2, 0) is 19.5 Å². The summed E-state index contributed by atoms with van der Waals surface area (Å²) in [6, 6.07) is 9.88. The molecule has 2 aromatic rings. The minimum atomic E-state index is -0.267. The van der Waals surface area contributed by atoms with Gasteiger partial charge >= 0.3 is 0 Å². The van der Waals surface area contributed by atoms with Crippen LogP contribution < -0.4 is 10.9 Å². The Morgan fingerprint density at radius 2 is 2.16 bits per heavy atom. The van der Waals surface area contributed by atoms with Crippen LogP contribution in [0.4, 0.5) is 4.39 Å². The number of pyridine rings is 1. The molecule has 1 aromatic carbocycles. The Balaban J connectivity index is 2.03. The van der Waals surface area contributed by atoms with Gasteiger partial charge in [-0.15, -0.1) is 0 Å². The van der Waals surface area contributed by atoms with E-state index in [9.17, 15) is 9.18 Å². The zero-order chi connectivity index (χ0) is 13.2. The van der Waals surface area contributed by atoms with Crippen LogP contribution in [-0.4, -0.2) is 11.1 Å². The van der Waals surface area contributed by atoms with Crippen LogP contribution in [0.15, 0.2) is 41.2 Å². The van der Waals surface area contributed by atoms with Crippen molar-refractivity contribution < 1.29 is 4.39 Å². The monoisotopic (exact) mass is 258 g/mol. The molecule has 0 fully saturated rings. The topological polar surface area (TPSA) is 34.0 Å². The zero-order valence-corrected chi connectivity index (χ0v) is 10.5. The number of hydrogen-bond donors (Lipinski definition) is 1. The Labute approximate surface area is 110 Å². The van der Waals surface area contributed by atoms with Gasteiger partial charge in [0.2, 0.25) is 0 Å². The minimum absolute atomic E-state index is 0.0232. The van der Waals surface area contributed by atoms with Crippen LogP contribution in [0.25, 0.3) is 0 Å². The molecule has 19 heavy (non-hydrogen) atoms. The Bertz CT molecular complexity index is 663. The molecule has 1 aromatic heterocycles. The van der Waals surface area contributed by atoms with Crippen LogP contribution in [0.3, 0.4) is 0 Å². The van der Waals surface area contributed by atoms with Crippen LogP contribution >= 0.6 is 0 Å². The summed E-state index contributed by atoms with van der Waals surface area (Å²) in [7, 11) is 0. The normalized spacial score (nSPS) is 14.2. The van der Waals surface area contributed by atoms with E-state index >= 15 is 0 Å². The average molecular weight is 258 g/mol. The summed E-state index contributed by atoms with van der Waals surface area (Å²) in [6.45, 7) is 2.10. The molecule has 1 aliphatic rings. The quantitative estimate of drug-likeness (QED) is 0.889. The van der Waals surface area contributed by atoms with Gasteiger partial charge in [-0.2, -0.15) is 0 Å². The van der Waals surface area contributed by atoms with E-state index in [0.717, 1.165) is 36.3 Å². The molecule has 3 rings (SSSR count). The van der Waals surface area contributed by atoms with E-state index in [1.165, 1.54) is 12.1 Å². The lowest BCUT2D eigenvalue weighted by Crippen LogP contribution is -2.32. The first-order valence-corrected chi connectivity index (χ1v) is 6.41. The molecule has 0 radical (unpaired) electrons. The van der Waals surface area contributed by atoms with Gasteiger partial charge in [0.25, 0.3) is 5.56 Å². The molecule has 3 nitrogen and oxygen atoms in total. The second kappa shape index (κ2) is 4.97. The van der Waals surface area contributed by atoms with Crippen LogP contribution in [0.2, 0.25) is 0 Å². The molecule has 0 unspecified atom stereocenters. The third-order valence-corrected chi connectivity index (χ3v) is 3.47. The number of aromatic nitrogens is 1. The summed E-state index contributed by atoms with van der Waals surface area (Å²) in [5.41, 5.74) is 3.01. The van der Waals surface area contributed by atoms with Crippen molar-refractivity contribution in [3.8, 4) is 0 Å². The molecule has 98 valence electrons. The lowest BCUT2D eigenvalue weighted by Gasteiger charge is -2.21. The van der Waals surface area contributed by atoms with Crippen LogP contribution in [0, 0.1) is 5.82 Å². The van der Waals surface area contributed by atoms with Gasteiger partial charge in [-0.1, -0.05) is 18.2 Å². The van der Waals surface area contributed by atoms with Gasteiger partial charge in [0.1, 0.15) is 5.82 Å². The standard InChI is InChI=1S/C15H15FN2O/c16-13-3-1-2-11(8-13)10-18-14-6-7-17-9-12(14)4-5-15(18)19/h1-5,8,17H,6-7,9-10H2. The molecule has 0 spiro atoms. The first-order valence-electron chi connectivity index (χ1n) is 6.41. The highest BCUT2D eigenvalue weighted by atomic mass is 19.1. The SMILES string of the molecule is O=c1ccc2c(n1Cc1cccc(F)c1)CCNC2.